The van der Waals surface area contributed by atoms with Gasteiger partial charge in [0.1, 0.15) is 6.07 Å². The van der Waals surface area contributed by atoms with Gasteiger partial charge in [-0.15, -0.1) is 0 Å². The highest BCUT2D eigenvalue weighted by Gasteiger charge is 2.44. The van der Waals surface area contributed by atoms with E-state index in [4.69, 9.17) is 0 Å². The average molecular weight is 525 g/mol. The second kappa shape index (κ2) is 10.9. The molecule has 10 heteroatoms. The van der Waals surface area contributed by atoms with Crippen LogP contribution in [0.2, 0.25) is 0 Å². The Morgan fingerprint density at radius 2 is 1.95 bits per heavy atom. The number of nitrogens with zero attached hydrogens (tertiary/aromatic N) is 4. The minimum absolute atomic E-state index is 0.0343. The zero-order valence-corrected chi connectivity index (χ0v) is 21.6. The van der Waals surface area contributed by atoms with Gasteiger partial charge in [0, 0.05) is 45.1 Å². The fraction of sp³-hybridized carbons (Fsp3) is 0.393. The largest absolute Gasteiger partial charge is 0.416 e. The first-order valence-corrected chi connectivity index (χ1v) is 12.5. The molecule has 38 heavy (non-hydrogen) atoms. The highest BCUT2D eigenvalue weighted by Crippen LogP contribution is 2.39. The van der Waals surface area contributed by atoms with E-state index in [1.807, 2.05) is 67.0 Å². The molecule has 1 aliphatic heterocycles. The van der Waals surface area contributed by atoms with Crippen molar-refractivity contribution in [3.05, 3.63) is 71.5 Å². The number of nitriles is 1. The van der Waals surface area contributed by atoms with E-state index in [9.17, 15) is 23.2 Å². The number of carbonyl (C=O) groups is 1. The van der Waals surface area contributed by atoms with Crippen molar-refractivity contribution in [3.63, 3.8) is 0 Å². The zero-order valence-electron chi connectivity index (χ0n) is 21.6. The molecule has 1 unspecified atom stereocenters. The minimum Gasteiger partial charge on any atom is -0.370 e. The third-order valence-corrected chi connectivity index (χ3v) is 7.25. The van der Waals surface area contributed by atoms with Gasteiger partial charge in [0.05, 0.1) is 33.6 Å². The molecule has 7 nitrogen and oxygen atoms in total. The highest BCUT2D eigenvalue weighted by molar-refractivity contribution is 5.89. The Balaban J connectivity index is 1.63. The summed E-state index contributed by atoms with van der Waals surface area (Å²) in [5, 5.41) is 15.7. The smallest absolute Gasteiger partial charge is 0.370 e. The van der Waals surface area contributed by atoms with Crippen molar-refractivity contribution in [3.8, 4) is 17.5 Å². The van der Waals surface area contributed by atoms with Crippen LogP contribution in [0.25, 0.3) is 11.4 Å². The highest BCUT2D eigenvalue weighted by atomic mass is 19.4. The SMILES string of the molecule is CNCC(C)NC(=O)C1(c2ccc(-c3cccn3C)nc2)CCN(c2ccc(C(F)(F)F)cc2C#N)CC1. The average Bonchev–Trinajstić information content (AvgIpc) is 3.33. The number of amides is 1. The fourth-order valence-electron chi connectivity index (χ4n) is 5.13. The molecule has 2 N–H and O–H groups in total. The van der Waals surface area contributed by atoms with Crippen LogP contribution in [0.3, 0.4) is 0 Å². The van der Waals surface area contributed by atoms with E-state index < -0.39 is 17.2 Å². The molecule has 2 aromatic heterocycles. The lowest BCUT2D eigenvalue weighted by molar-refractivity contribution is -0.137. The number of carbonyl (C=O) groups excluding carboxylic acids is 1. The maximum Gasteiger partial charge on any atom is 0.416 e. The van der Waals surface area contributed by atoms with Crippen molar-refractivity contribution in [1.29, 1.82) is 5.26 Å². The summed E-state index contributed by atoms with van der Waals surface area (Å²) in [7, 11) is 3.76. The Labute approximate surface area is 220 Å². The number of pyridine rings is 1. The standard InChI is InChI=1S/C28H31F3N6O/c1-19(17-33-2)35-26(38)27(22-6-8-23(34-18-22)25-5-4-12-36(25)3)10-13-37(14-11-27)24-9-7-21(28(29,30)31)15-20(24)16-32/h4-9,12,15,18-19,33H,10-11,13-14,17H2,1-3H3,(H,35,38). The second-order valence-electron chi connectivity index (χ2n) is 9.78. The van der Waals surface area contributed by atoms with Crippen LogP contribution >= 0.6 is 0 Å². The molecule has 1 fully saturated rings. The van der Waals surface area contributed by atoms with E-state index in [0.29, 0.717) is 38.2 Å². The van der Waals surface area contributed by atoms with Crippen molar-refractivity contribution in [1.82, 2.24) is 20.2 Å². The summed E-state index contributed by atoms with van der Waals surface area (Å²) in [6.07, 6.45) is 0.000862. The van der Waals surface area contributed by atoms with Gasteiger partial charge in [-0.05, 0) is 68.8 Å². The van der Waals surface area contributed by atoms with E-state index in [1.165, 1.54) is 6.07 Å². The van der Waals surface area contributed by atoms with Crippen LogP contribution in [-0.4, -0.2) is 48.2 Å². The van der Waals surface area contributed by atoms with E-state index >= 15 is 0 Å². The van der Waals surface area contributed by atoms with Crippen molar-refractivity contribution >= 4 is 11.6 Å². The molecular weight excluding hydrogens is 493 g/mol. The third-order valence-electron chi connectivity index (χ3n) is 7.25. The van der Waals surface area contributed by atoms with Crippen LogP contribution in [0.15, 0.2) is 54.9 Å². The summed E-state index contributed by atoms with van der Waals surface area (Å²) in [5.74, 6) is -0.110. The van der Waals surface area contributed by atoms with Crippen molar-refractivity contribution in [2.75, 3.05) is 31.6 Å². The van der Waals surface area contributed by atoms with Crippen LogP contribution in [0.1, 0.15) is 36.5 Å². The van der Waals surface area contributed by atoms with Gasteiger partial charge < -0.3 is 20.1 Å². The number of aromatic nitrogens is 2. The number of aryl methyl sites for hydroxylation is 1. The second-order valence-corrected chi connectivity index (χ2v) is 9.78. The number of likely N-dealkylation sites (N-methyl/N-ethyl adjacent to an activating group) is 1. The molecule has 0 radical (unpaired) electrons. The van der Waals surface area contributed by atoms with Gasteiger partial charge in [0.15, 0.2) is 0 Å². The lowest BCUT2D eigenvalue weighted by atomic mass is 9.72. The number of piperidine rings is 1. The molecule has 4 rings (SSSR count). The van der Waals surface area contributed by atoms with Gasteiger partial charge in [-0.3, -0.25) is 9.78 Å². The maximum atomic E-state index is 13.7. The fourth-order valence-corrected chi connectivity index (χ4v) is 5.13. The first kappa shape index (κ1) is 27.2. The van der Waals surface area contributed by atoms with Crippen LogP contribution < -0.4 is 15.5 Å². The predicted octanol–water partition coefficient (Wildman–Crippen LogP) is 4.24. The van der Waals surface area contributed by atoms with E-state index in [2.05, 4.69) is 15.6 Å². The molecule has 3 heterocycles. The molecule has 1 aromatic carbocycles. The molecule has 0 spiro atoms. The Morgan fingerprint density at radius 3 is 2.50 bits per heavy atom. The van der Waals surface area contributed by atoms with Crippen molar-refractivity contribution in [2.45, 2.75) is 37.4 Å². The molecule has 0 aliphatic carbocycles. The van der Waals surface area contributed by atoms with Crippen LogP contribution in [0.5, 0.6) is 0 Å². The Kier molecular flexibility index (Phi) is 7.78. The number of hydrogen-bond acceptors (Lipinski definition) is 5. The molecule has 200 valence electrons. The molecule has 0 bridgehead atoms. The summed E-state index contributed by atoms with van der Waals surface area (Å²) in [4.78, 5) is 20.3. The van der Waals surface area contributed by atoms with E-state index in [0.717, 1.165) is 29.1 Å². The normalized spacial score (nSPS) is 16.1. The predicted molar refractivity (Wildman–Crippen MR) is 139 cm³/mol. The third kappa shape index (κ3) is 5.38. The summed E-state index contributed by atoms with van der Waals surface area (Å²) < 4.78 is 41.5. The van der Waals surface area contributed by atoms with Crippen LogP contribution in [0.4, 0.5) is 18.9 Å². The zero-order chi connectivity index (χ0) is 27.5. The van der Waals surface area contributed by atoms with Gasteiger partial charge >= 0.3 is 6.18 Å². The Bertz CT molecular complexity index is 1320. The Morgan fingerprint density at radius 1 is 1.21 bits per heavy atom. The number of anilines is 1. The van der Waals surface area contributed by atoms with Gasteiger partial charge in [0.25, 0.3) is 0 Å². The minimum atomic E-state index is -4.53. The number of hydrogen-bond donors (Lipinski definition) is 2. The number of benzene rings is 1. The monoisotopic (exact) mass is 524 g/mol. The van der Waals surface area contributed by atoms with E-state index in [-0.39, 0.29) is 17.5 Å². The van der Waals surface area contributed by atoms with E-state index in [1.54, 1.807) is 6.20 Å². The summed E-state index contributed by atoms with van der Waals surface area (Å²) in [6, 6.07) is 12.8. The lowest BCUT2D eigenvalue weighted by Crippen LogP contribution is -2.54. The number of rotatable bonds is 7. The van der Waals surface area contributed by atoms with Gasteiger partial charge in [0.2, 0.25) is 5.91 Å². The van der Waals surface area contributed by atoms with Crippen molar-refractivity contribution in [2.24, 2.45) is 7.05 Å². The Hall–Kier alpha value is -3.84. The summed E-state index contributed by atoms with van der Waals surface area (Å²) in [5.41, 5.74) is 1.23. The molecule has 1 amide bonds. The number of nitrogens with one attached hydrogen (secondary N) is 2. The first-order valence-electron chi connectivity index (χ1n) is 12.5. The molecule has 1 saturated heterocycles. The van der Waals surface area contributed by atoms with Gasteiger partial charge in [-0.2, -0.15) is 18.4 Å². The van der Waals surface area contributed by atoms with Crippen molar-refractivity contribution < 1.29 is 18.0 Å². The van der Waals surface area contributed by atoms with Gasteiger partial charge in [-0.25, -0.2) is 0 Å². The molecule has 1 atom stereocenters. The van der Waals surface area contributed by atoms with Gasteiger partial charge in [-0.1, -0.05) is 6.07 Å². The topological polar surface area (TPSA) is 86.0 Å². The summed E-state index contributed by atoms with van der Waals surface area (Å²) >= 11 is 0. The molecule has 1 aliphatic rings. The molecule has 3 aromatic rings. The number of halogens is 3. The lowest BCUT2D eigenvalue weighted by Gasteiger charge is -2.42. The number of alkyl halides is 3. The first-order chi connectivity index (χ1) is 18.1. The molecular formula is C28H31F3N6O. The summed E-state index contributed by atoms with van der Waals surface area (Å²) in [6.45, 7) is 3.33. The quantitative estimate of drug-likeness (QED) is 0.483. The van der Waals surface area contributed by atoms with Crippen LogP contribution in [-0.2, 0) is 23.4 Å². The molecule has 0 saturated carbocycles. The van der Waals surface area contributed by atoms with Crippen LogP contribution in [0, 0.1) is 11.3 Å². The maximum absolute atomic E-state index is 13.7.